The molecule has 4 rings (SSSR count). The van der Waals surface area contributed by atoms with E-state index in [0.717, 1.165) is 37.4 Å². The van der Waals surface area contributed by atoms with Crippen LogP contribution in [0.5, 0.6) is 5.75 Å². The van der Waals surface area contributed by atoms with E-state index >= 15 is 0 Å². The maximum Gasteiger partial charge on any atom is 0.253 e. The maximum absolute atomic E-state index is 13.2. The minimum atomic E-state index is -0.365. The first-order chi connectivity index (χ1) is 15.1. The molecule has 6 nitrogen and oxygen atoms in total. The Kier molecular flexibility index (Phi) is 6.39. The summed E-state index contributed by atoms with van der Waals surface area (Å²) in [7, 11) is 1.67. The molecule has 2 saturated heterocycles. The quantitative estimate of drug-likeness (QED) is 0.756. The Hall–Kier alpha value is -3.09. The SMILES string of the molecule is COc1ccccc1N1CCN(C(=O)[C@@H]2CCCN(C(=O)c3ccc(F)cc3)C2)CC1. The Morgan fingerprint density at radius 3 is 2.35 bits per heavy atom. The zero-order valence-corrected chi connectivity index (χ0v) is 17.8. The van der Waals surface area contributed by atoms with E-state index in [0.29, 0.717) is 31.7 Å². The number of likely N-dealkylation sites (tertiary alicyclic amines) is 1. The van der Waals surface area contributed by atoms with E-state index in [1.54, 1.807) is 12.0 Å². The van der Waals surface area contributed by atoms with Gasteiger partial charge in [0.1, 0.15) is 11.6 Å². The lowest BCUT2D eigenvalue weighted by atomic mass is 9.95. The van der Waals surface area contributed by atoms with Crippen molar-refractivity contribution in [1.82, 2.24) is 9.80 Å². The minimum absolute atomic E-state index is 0.122. The molecular formula is C24H28FN3O3. The molecule has 31 heavy (non-hydrogen) atoms. The predicted molar refractivity (Wildman–Crippen MR) is 117 cm³/mol. The summed E-state index contributed by atoms with van der Waals surface area (Å²) in [5, 5.41) is 0. The first-order valence-electron chi connectivity index (χ1n) is 10.8. The number of methoxy groups -OCH3 is 1. The third kappa shape index (κ3) is 4.65. The van der Waals surface area contributed by atoms with Crippen LogP contribution >= 0.6 is 0 Å². The number of hydrogen-bond acceptors (Lipinski definition) is 4. The van der Waals surface area contributed by atoms with Crippen LogP contribution in [0.25, 0.3) is 0 Å². The molecular weight excluding hydrogens is 397 g/mol. The molecule has 0 aromatic heterocycles. The number of para-hydroxylation sites is 2. The van der Waals surface area contributed by atoms with Gasteiger partial charge < -0.3 is 19.4 Å². The number of nitrogens with zero attached hydrogens (tertiary/aromatic N) is 3. The lowest BCUT2D eigenvalue weighted by molar-refractivity contribution is -0.137. The van der Waals surface area contributed by atoms with Gasteiger partial charge in [0.15, 0.2) is 0 Å². The van der Waals surface area contributed by atoms with Crippen LogP contribution in [0.3, 0.4) is 0 Å². The van der Waals surface area contributed by atoms with Crippen LogP contribution in [0.2, 0.25) is 0 Å². The second-order valence-corrected chi connectivity index (χ2v) is 8.08. The molecule has 7 heteroatoms. The van der Waals surface area contributed by atoms with Gasteiger partial charge in [0, 0.05) is 44.8 Å². The second kappa shape index (κ2) is 9.37. The fourth-order valence-electron chi connectivity index (χ4n) is 4.46. The van der Waals surface area contributed by atoms with Gasteiger partial charge in [0.25, 0.3) is 5.91 Å². The Morgan fingerprint density at radius 2 is 1.65 bits per heavy atom. The van der Waals surface area contributed by atoms with Gasteiger partial charge in [-0.25, -0.2) is 4.39 Å². The number of piperazine rings is 1. The molecule has 0 radical (unpaired) electrons. The van der Waals surface area contributed by atoms with Crippen molar-refractivity contribution in [2.24, 2.45) is 5.92 Å². The highest BCUT2D eigenvalue weighted by Gasteiger charge is 2.33. The number of ether oxygens (including phenoxy) is 1. The topological polar surface area (TPSA) is 53.1 Å². The molecule has 0 N–H and O–H groups in total. The van der Waals surface area contributed by atoms with Crippen molar-refractivity contribution in [2.45, 2.75) is 12.8 Å². The van der Waals surface area contributed by atoms with Crippen LogP contribution in [0.1, 0.15) is 23.2 Å². The van der Waals surface area contributed by atoms with Gasteiger partial charge in [0.2, 0.25) is 5.91 Å². The zero-order chi connectivity index (χ0) is 21.8. The lowest BCUT2D eigenvalue weighted by Gasteiger charge is -2.40. The van der Waals surface area contributed by atoms with E-state index in [9.17, 15) is 14.0 Å². The van der Waals surface area contributed by atoms with Crippen molar-refractivity contribution in [3.8, 4) is 5.75 Å². The van der Waals surface area contributed by atoms with Crippen molar-refractivity contribution in [2.75, 3.05) is 51.3 Å². The van der Waals surface area contributed by atoms with Gasteiger partial charge in [0.05, 0.1) is 18.7 Å². The number of benzene rings is 2. The Labute approximate surface area is 182 Å². The Balaban J connectivity index is 1.35. The number of rotatable bonds is 4. The molecule has 0 aliphatic carbocycles. The number of carbonyl (C=O) groups excluding carboxylic acids is 2. The van der Waals surface area contributed by atoms with Crippen molar-refractivity contribution < 1.29 is 18.7 Å². The number of carbonyl (C=O) groups is 2. The summed E-state index contributed by atoms with van der Waals surface area (Å²) in [6, 6.07) is 13.5. The van der Waals surface area contributed by atoms with Gasteiger partial charge >= 0.3 is 0 Å². The van der Waals surface area contributed by atoms with Crippen LogP contribution in [0.15, 0.2) is 48.5 Å². The molecule has 0 spiro atoms. The highest BCUT2D eigenvalue weighted by molar-refractivity contribution is 5.94. The summed E-state index contributed by atoms with van der Waals surface area (Å²) in [5.41, 5.74) is 1.51. The van der Waals surface area contributed by atoms with Crippen LogP contribution in [0, 0.1) is 11.7 Å². The molecule has 0 saturated carbocycles. The largest absolute Gasteiger partial charge is 0.495 e. The second-order valence-electron chi connectivity index (χ2n) is 8.08. The monoisotopic (exact) mass is 425 g/mol. The molecule has 2 heterocycles. The van der Waals surface area contributed by atoms with E-state index in [-0.39, 0.29) is 23.5 Å². The highest BCUT2D eigenvalue weighted by Crippen LogP contribution is 2.29. The van der Waals surface area contributed by atoms with Gasteiger partial charge in [-0.3, -0.25) is 9.59 Å². The predicted octanol–water partition coefficient (Wildman–Crippen LogP) is 3.04. The summed E-state index contributed by atoms with van der Waals surface area (Å²) in [5.74, 6) is 0.269. The molecule has 164 valence electrons. The lowest BCUT2D eigenvalue weighted by Crippen LogP contribution is -2.53. The third-order valence-corrected chi connectivity index (χ3v) is 6.17. The standard InChI is InChI=1S/C24H28FN3O3/c1-31-22-7-3-2-6-21(22)26-13-15-27(16-14-26)24(30)19-5-4-12-28(17-19)23(29)18-8-10-20(25)11-9-18/h2-3,6-11,19H,4-5,12-17H2,1H3/t19-/m1/s1. The van der Waals surface area contributed by atoms with E-state index in [1.165, 1.54) is 24.3 Å². The van der Waals surface area contributed by atoms with Crippen molar-refractivity contribution in [1.29, 1.82) is 0 Å². The number of anilines is 1. The first-order valence-corrected chi connectivity index (χ1v) is 10.8. The Morgan fingerprint density at radius 1 is 0.935 bits per heavy atom. The van der Waals surface area contributed by atoms with E-state index in [2.05, 4.69) is 4.90 Å². The van der Waals surface area contributed by atoms with Gasteiger partial charge in [-0.15, -0.1) is 0 Å². The number of hydrogen-bond donors (Lipinski definition) is 0. The first kappa shape index (κ1) is 21.2. The molecule has 2 aromatic rings. The third-order valence-electron chi connectivity index (χ3n) is 6.17. The van der Waals surface area contributed by atoms with Crippen LogP contribution in [0.4, 0.5) is 10.1 Å². The fourth-order valence-corrected chi connectivity index (χ4v) is 4.46. The average molecular weight is 426 g/mol. The summed E-state index contributed by atoms with van der Waals surface area (Å²) >= 11 is 0. The molecule has 2 aliphatic heterocycles. The normalized spacial score (nSPS) is 19.3. The molecule has 1 atom stereocenters. The molecule has 2 aromatic carbocycles. The number of amides is 2. The summed E-state index contributed by atoms with van der Waals surface area (Å²) < 4.78 is 18.6. The molecule has 2 fully saturated rings. The van der Waals surface area contributed by atoms with E-state index in [4.69, 9.17) is 4.74 Å². The molecule has 2 aliphatic rings. The minimum Gasteiger partial charge on any atom is -0.495 e. The fraction of sp³-hybridized carbons (Fsp3) is 0.417. The molecule has 0 unspecified atom stereocenters. The zero-order valence-electron chi connectivity index (χ0n) is 17.8. The maximum atomic E-state index is 13.2. The van der Waals surface area contributed by atoms with Crippen LogP contribution in [-0.4, -0.2) is 68.0 Å². The smallest absolute Gasteiger partial charge is 0.253 e. The van der Waals surface area contributed by atoms with E-state index in [1.807, 2.05) is 29.2 Å². The van der Waals surface area contributed by atoms with Crippen LogP contribution in [-0.2, 0) is 4.79 Å². The van der Waals surface area contributed by atoms with Gasteiger partial charge in [-0.2, -0.15) is 0 Å². The summed E-state index contributed by atoms with van der Waals surface area (Å²) in [6.07, 6.45) is 1.59. The van der Waals surface area contributed by atoms with Gasteiger partial charge in [-0.1, -0.05) is 12.1 Å². The summed E-state index contributed by atoms with van der Waals surface area (Å²) in [4.78, 5) is 31.8. The van der Waals surface area contributed by atoms with Crippen molar-refractivity contribution in [3.05, 3.63) is 59.9 Å². The number of piperidine rings is 1. The van der Waals surface area contributed by atoms with Gasteiger partial charge in [-0.05, 0) is 49.2 Å². The summed E-state index contributed by atoms with van der Waals surface area (Å²) in [6.45, 7) is 3.84. The van der Waals surface area contributed by atoms with Crippen molar-refractivity contribution in [3.63, 3.8) is 0 Å². The highest BCUT2D eigenvalue weighted by atomic mass is 19.1. The van der Waals surface area contributed by atoms with Crippen molar-refractivity contribution >= 4 is 17.5 Å². The Bertz CT molecular complexity index is 926. The average Bonchev–Trinajstić information content (AvgIpc) is 2.84. The van der Waals surface area contributed by atoms with E-state index < -0.39 is 0 Å². The molecule has 2 amide bonds. The van der Waals surface area contributed by atoms with Crippen LogP contribution < -0.4 is 9.64 Å². The number of halogens is 1. The molecule has 0 bridgehead atoms.